The minimum atomic E-state index is -4.46. The number of hydrogen-bond acceptors (Lipinski definition) is 4. The van der Waals surface area contributed by atoms with E-state index in [2.05, 4.69) is 4.98 Å². The van der Waals surface area contributed by atoms with Crippen LogP contribution >= 0.6 is 0 Å². The van der Waals surface area contributed by atoms with E-state index in [1.54, 1.807) is 6.07 Å². The van der Waals surface area contributed by atoms with Gasteiger partial charge >= 0.3 is 0 Å². The van der Waals surface area contributed by atoms with Gasteiger partial charge in [-0.05, 0) is 12.1 Å². The molecule has 1 atom stereocenters. The predicted molar refractivity (Wildman–Crippen MR) is 40.7 cm³/mol. The van der Waals surface area contributed by atoms with E-state index in [9.17, 15) is 8.42 Å². The zero-order valence-electron chi connectivity index (χ0n) is 5.95. The third-order valence-corrected chi connectivity index (χ3v) is 2.03. The van der Waals surface area contributed by atoms with Gasteiger partial charge < -0.3 is 5.11 Å². The van der Waals surface area contributed by atoms with Gasteiger partial charge in [-0.3, -0.25) is 9.54 Å². The largest absolute Gasteiger partial charge is 0.370 e. The summed E-state index contributed by atoms with van der Waals surface area (Å²) in [6, 6.07) is 4.38. The van der Waals surface area contributed by atoms with E-state index >= 15 is 0 Å². The molecule has 0 amide bonds. The molecule has 5 nitrogen and oxygen atoms in total. The Hall–Kier alpha value is -0.980. The summed E-state index contributed by atoms with van der Waals surface area (Å²) in [6.45, 7) is 0. The molecule has 0 fully saturated rings. The summed E-state index contributed by atoms with van der Waals surface area (Å²) in [7, 11) is -4.46. The fraction of sp³-hybridized carbons (Fsp3) is 0.167. The molecule has 0 saturated heterocycles. The number of pyridine rings is 1. The zero-order valence-corrected chi connectivity index (χ0v) is 6.77. The van der Waals surface area contributed by atoms with Crippen LogP contribution in [0.25, 0.3) is 0 Å². The second-order valence-electron chi connectivity index (χ2n) is 2.12. The van der Waals surface area contributed by atoms with Crippen LogP contribution in [0.15, 0.2) is 24.4 Å². The summed E-state index contributed by atoms with van der Waals surface area (Å²) in [6.07, 6.45) is 1.32. The lowest BCUT2D eigenvalue weighted by Crippen LogP contribution is -2.12. The fourth-order valence-corrected chi connectivity index (χ4v) is 1.12. The van der Waals surface area contributed by atoms with Crippen molar-refractivity contribution in [3.05, 3.63) is 30.1 Å². The second-order valence-corrected chi connectivity index (χ2v) is 3.60. The average Bonchev–Trinajstić information content (AvgIpc) is 2.03. The molecule has 1 heterocycles. The monoisotopic (exact) mass is 189 g/mol. The highest BCUT2D eigenvalue weighted by Crippen LogP contribution is 2.14. The lowest BCUT2D eigenvalue weighted by atomic mass is 10.4. The molecule has 0 aromatic carbocycles. The van der Waals surface area contributed by atoms with Gasteiger partial charge in [0.25, 0.3) is 10.1 Å². The lowest BCUT2D eigenvalue weighted by molar-refractivity contribution is 0.234. The SMILES string of the molecule is O=S(=O)(O)[C@H](O)c1ccccn1. The van der Waals surface area contributed by atoms with E-state index in [0.717, 1.165) is 0 Å². The molecule has 0 spiro atoms. The van der Waals surface area contributed by atoms with Crippen molar-refractivity contribution in [2.24, 2.45) is 0 Å². The number of aliphatic hydroxyl groups is 1. The molecular weight excluding hydrogens is 182 g/mol. The minimum absolute atomic E-state index is 0.0972. The first-order chi connectivity index (χ1) is 5.52. The number of hydrogen-bond donors (Lipinski definition) is 2. The summed E-state index contributed by atoms with van der Waals surface area (Å²) >= 11 is 0. The predicted octanol–water partition coefficient (Wildman–Crippen LogP) is -0.0397. The second kappa shape index (κ2) is 3.18. The van der Waals surface area contributed by atoms with Crippen LogP contribution < -0.4 is 0 Å². The Bertz CT molecular complexity index is 347. The van der Waals surface area contributed by atoms with Crippen molar-refractivity contribution in [1.29, 1.82) is 0 Å². The minimum Gasteiger partial charge on any atom is -0.370 e. The Labute approximate surface area is 69.4 Å². The highest BCUT2D eigenvalue weighted by atomic mass is 32.2. The Morgan fingerprint density at radius 3 is 2.50 bits per heavy atom. The van der Waals surface area contributed by atoms with E-state index in [1.807, 2.05) is 0 Å². The van der Waals surface area contributed by atoms with Crippen molar-refractivity contribution in [3.8, 4) is 0 Å². The summed E-state index contributed by atoms with van der Waals surface area (Å²) in [5, 5.41) is 8.96. The molecule has 0 aliphatic carbocycles. The quantitative estimate of drug-likeness (QED) is 0.637. The van der Waals surface area contributed by atoms with Gasteiger partial charge in [0.15, 0.2) is 0 Å². The molecule has 66 valence electrons. The van der Waals surface area contributed by atoms with Gasteiger partial charge in [0.1, 0.15) is 0 Å². The average molecular weight is 189 g/mol. The van der Waals surface area contributed by atoms with Crippen molar-refractivity contribution in [1.82, 2.24) is 4.98 Å². The molecule has 0 unspecified atom stereocenters. The summed E-state index contributed by atoms with van der Waals surface area (Å²) < 4.78 is 29.2. The van der Waals surface area contributed by atoms with Crippen LogP contribution in [0.3, 0.4) is 0 Å². The van der Waals surface area contributed by atoms with Crippen LogP contribution in [-0.2, 0) is 10.1 Å². The molecule has 0 radical (unpaired) electrons. The van der Waals surface area contributed by atoms with E-state index in [-0.39, 0.29) is 5.69 Å². The lowest BCUT2D eigenvalue weighted by Gasteiger charge is -2.04. The Morgan fingerprint density at radius 1 is 1.42 bits per heavy atom. The highest BCUT2D eigenvalue weighted by molar-refractivity contribution is 7.85. The summed E-state index contributed by atoms with van der Waals surface area (Å²) in [5.74, 6) is 0. The topological polar surface area (TPSA) is 87.5 Å². The van der Waals surface area contributed by atoms with Gasteiger partial charge in [0.05, 0.1) is 5.69 Å². The highest BCUT2D eigenvalue weighted by Gasteiger charge is 2.22. The van der Waals surface area contributed by atoms with E-state index in [1.165, 1.54) is 18.3 Å². The normalized spacial score (nSPS) is 14.2. The van der Waals surface area contributed by atoms with Crippen LogP contribution in [0.5, 0.6) is 0 Å². The van der Waals surface area contributed by atoms with Crippen LogP contribution in [0.1, 0.15) is 11.1 Å². The molecule has 0 saturated carbocycles. The first-order valence-corrected chi connectivity index (χ1v) is 4.57. The number of nitrogens with zero attached hydrogens (tertiary/aromatic N) is 1. The first-order valence-electron chi connectivity index (χ1n) is 3.07. The van der Waals surface area contributed by atoms with Gasteiger partial charge in [-0.15, -0.1) is 0 Å². The van der Waals surface area contributed by atoms with Crippen molar-refractivity contribution in [3.63, 3.8) is 0 Å². The van der Waals surface area contributed by atoms with Crippen molar-refractivity contribution < 1.29 is 18.1 Å². The molecule has 12 heavy (non-hydrogen) atoms. The van der Waals surface area contributed by atoms with Crippen LogP contribution in [0.4, 0.5) is 0 Å². The molecule has 0 aliphatic rings. The molecule has 1 rings (SSSR count). The molecule has 1 aromatic heterocycles. The zero-order chi connectivity index (χ0) is 9.19. The standard InChI is InChI=1S/C6H7NO4S/c8-6(12(9,10)11)5-3-1-2-4-7-5/h1-4,6,8H,(H,9,10,11)/t6-/m0/s1. The molecule has 6 heteroatoms. The molecule has 0 bridgehead atoms. The number of aliphatic hydroxyl groups excluding tert-OH is 1. The number of aromatic nitrogens is 1. The van der Waals surface area contributed by atoms with Gasteiger partial charge in [0, 0.05) is 6.20 Å². The number of rotatable bonds is 2. The van der Waals surface area contributed by atoms with Crippen molar-refractivity contribution >= 4 is 10.1 Å². The van der Waals surface area contributed by atoms with Gasteiger partial charge in [-0.25, -0.2) is 0 Å². The van der Waals surface area contributed by atoms with E-state index < -0.39 is 15.6 Å². The van der Waals surface area contributed by atoms with Crippen LogP contribution in [0, 0.1) is 0 Å². The van der Waals surface area contributed by atoms with Crippen molar-refractivity contribution in [2.75, 3.05) is 0 Å². The Balaban J connectivity index is 3.02. The maximum absolute atomic E-state index is 10.4. The fourth-order valence-electron chi connectivity index (χ4n) is 0.675. The van der Waals surface area contributed by atoms with Gasteiger partial charge in [-0.1, -0.05) is 6.07 Å². The summed E-state index contributed by atoms with van der Waals surface area (Å²) in [5.41, 5.74) is -2.06. The van der Waals surface area contributed by atoms with Gasteiger partial charge in [-0.2, -0.15) is 8.42 Å². The maximum Gasteiger partial charge on any atom is 0.298 e. The third-order valence-electron chi connectivity index (χ3n) is 1.22. The summed E-state index contributed by atoms with van der Waals surface area (Å²) in [4.78, 5) is 3.56. The molecule has 0 aliphatic heterocycles. The third kappa shape index (κ3) is 2.00. The first kappa shape index (κ1) is 9.11. The van der Waals surface area contributed by atoms with E-state index in [0.29, 0.717) is 0 Å². The van der Waals surface area contributed by atoms with Gasteiger partial charge in [0.2, 0.25) is 5.44 Å². The van der Waals surface area contributed by atoms with E-state index in [4.69, 9.17) is 9.66 Å². The van der Waals surface area contributed by atoms with Crippen molar-refractivity contribution in [2.45, 2.75) is 5.44 Å². The molecule has 1 aromatic rings. The molecular formula is C6H7NO4S. The van der Waals surface area contributed by atoms with Crippen LogP contribution in [-0.4, -0.2) is 23.1 Å². The smallest absolute Gasteiger partial charge is 0.298 e. The van der Waals surface area contributed by atoms with Crippen LogP contribution in [0.2, 0.25) is 0 Å². The maximum atomic E-state index is 10.4. The molecule has 2 N–H and O–H groups in total. The Kier molecular flexibility index (Phi) is 2.41. The Morgan fingerprint density at radius 2 is 2.08 bits per heavy atom.